The van der Waals surface area contributed by atoms with Crippen LogP contribution in [0, 0.1) is 5.92 Å². The highest BCUT2D eigenvalue weighted by molar-refractivity contribution is 5.59. The van der Waals surface area contributed by atoms with Crippen molar-refractivity contribution in [3.05, 3.63) is 23.8 Å². The van der Waals surface area contributed by atoms with E-state index in [1.54, 1.807) is 0 Å². The molecule has 112 valence electrons. The van der Waals surface area contributed by atoms with Gasteiger partial charge in [-0.25, -0.2) is 0 Å². The standard InChI is InChI=1S/C14H20F3N3/c1-20-6-2-3-10(9-20)8-19-13-5-4-11(18)7-12(13)14(15,16)17/h4-5,7,10,19H,2-3,6,8-9,18H2,1H3. The summed E-state index contributed by atoms with van der Waals surface area (Å²) in [7, 11) is 2.04. The number of hydrogen-bond donors (Lipinski definition) is 2. The molecule has 0 amide bonds. The second kappa shape index (κ2) is 5.91. The Morgan fingerprint density at radius 1 is 1.40 bits per heavy atom. The Balaban J connectivity index is 2.05. The molecule has 20 heavy (non-hydrogen) atoms. The van der Waals surface area contributed by atoms with Crippen molar-refractivity contribution in [3.8, 4) is 0 Å². The molecule has 6 heteroatoms. The number of likely N-dealkylation sites (tertiary alicyclic amines) is 1. The number of benzene rings is 1. The fraction of sp³-hybridized carbons (Fsp3) is 0.571. The smallest absolute Gasteiger partial charge is 0.399 e. The lowest BCUT2D eigenvalue weighted by atomic mass is 9.98. The molecule has 3 N–H and O–H groups in total. The van der Waals surface area contributed by atoms with Crippen LogP contribution in [0.25, 0.3) is 0 Å². The van der Waals surface area contributed by atoms with E-state index in [1.807, 2.05) is 7.05 Å². The molecule has 1 aromatic rings. The quantitative estimate of drug-likeness (QED) is 0.840. The van der Waals surface area contributed by atoms with Crippen molar-refractivity contribution in [2.45, 2.75) is 19.0 Å². The van der Waals surface area contributed by atoms with Crippen molar-refractivity contribution in [1.29, 1.82) is 0 Å². The molecule has 1 atom stereocenters. The van der Waals surface area contributed by atoms with Gasteiger partial charge in [0.2, 0.25) is 0 Å². The molecule has 0 spiro atoms. The van der Waals surface area contributed by atoms with Gasteiger partial charge in [-0.05, 0) is 50.6 Å². The number of hydrogen-bond acceptors (Lipinski definition) is 3. The summed E-state index contributed by atoms with van der Waals surface area (Å²) in [6.07, 6.45) is -2.24. The van der Waals surface area contributed by atoms with Crippen LogP contribution in [0.3, 0.4) is 0 Å². The van der Waals surface area contributed by atoms with Gasteiger partial charge in [0.05, 0.1) is 5.56 Å². The Labute approximate surface area is 116 Å². The first-order valence-corrected chi connectivity index (χ1v) is 6.75. The van der Waals surface area contributed by atoms with Crippen LogP contribution in [0.15, 0.2) is 18.2 Å². The Hall–Kier alpha value is -1.43. The average Bonchev–Trinajstić information content (AvgIpc) is 2.36. The van der Waals surface area contributed by atoms with Gasteiger partial charge in [-0.1, -0.05) is 0 Å². The van der Waals surface area contributed by atoms with E-state index in [0.29, 0.717) is 12.5 Å². The molecule has 1 aliphatic rings. The van der Waals surface area contributed by atoms with Crippen LogP contribution in [0.5, 0.6) is 0 Å². The minimum absolute atomic E-state index is 0.111. The van der Waals surface area contributed by atoms with E-state index in [2.05, 4.69) is 10.2 Å². The molecule has 0 bridgehead atoms. The third-order valence-corrected chi connectivity index (χ3v) is 3.65. The third kappa shape index (κ3) is 3.79. The molecule has 1 saturated heterocycles. The first-order chi connectivity index (χ1) is 9.36. The summed E-state index contributed by atoms with van der Waals surface area (Å²) in [6.45, 7) is 2.53. The number of nitrogens with one attached hydrogen (secondary N) is 1. The number of nitrogens with two attached hydrogens (primary N) is 1. The number of piperidine rings is 1. The summed E-state index contributed by atoms with van der Waals surface area (Å²) in [5.74, 6) is 0.382. The van der Waals surface area contributed by atoms with Crippen LogP contribution in [0.4, 0.5) is 24.5 Å². The predicted molar refractivity (Wildman–Crippen MR) is 74.6 cm³/mol. The van der Waals surface area contributed by atoms with Crippen LogP contribution in [0.2, 0.25) is 0 Å². The fourth-order valence-electron chi connectivity index (χ4n) is 2.64. The lowest BCUT2D eigenvalue weighted by molar-refractivity contribution is -0.136. The van der Waals surface area contributed by atoms with E-state index in [4.69, 9.17) is 5.73 Å². The second-order valence-corrected chi connectivity index (χ2v) is 5.45. The summed E-state index contributed by atoms with van der Waals surface area (Å²) in [6, 6.07) is 3.88. The van der Waals surface area contributed by atoms with Crippen LogP contribution in [0.1, 0.15) is 18.4 Å². The van der Waals surface area contributed by atoms with Crippen LogP contribution in [-0.4, -0.2) is 31.6 Å². The summed E-state index contributed by atoms with van der Waals surface area (Å²) >= 11 is 0. The molecule has 1 unspecified atom stereocenters. The SMILES string of the molecule is CN1CCCC(CNc2ccc(N)cc2C(F)(F)F)C1. The molecule has 1 heterocycles. The maximum Gasteiger partial charge on any atom is 0.418 e. The monoisotopic (exact) mass is 287 g/mol. The second-order valence-electron chi connectivity index (χ2n) is 5.45. The average molecular weight is 287 g/mol. The van der Waals surface area contributed by atoms with Crippen LogP contribution in [-0.2, 0) is 6.18 Å². The molecule has 0 aliphatic carbocycles. The summed E-state index contributed by atoms with van der Waals surface area (Å²) in [5, 5.41) is 2.94. The Morgan fingerprint density at radius 3 is 2.80 bits per heavy atom. The van der Waals surface area contributed by atoms with Crippen LogP contribution < -0.4 is 11.1 Å². The maximum atomic E-state index is 13.0. The predicted octanol–water partition coefficient (Wildman–Crippen LogP) is 3.04. The van der Waals surface area contributed by atoms with E-state index in [-0.39, 0.29) is 11.4 Å². The number of rotatable bonds is 3. The minimum Gasteiger partial charge on any atom is -0.399 e. The minimum atomic E-state index is -4.39. The number of anilines is 2. The molecule has 2 rings (SSSR count). The number of alkyl halides is 3. The van der Waals surface area contributed by atoms with Gasteiger partial charge in [0.25, 0.3) is 0 Å². The van der Waals surface area contributed by atoms with Gasteiger partial charge in [0.1, 0.15) is 0 Å². The molecule has 3 nitrogen and oxygen atoms in total. The zero-order chi connectivity index (χ0) is 14.8. The van der Waals surface area contributed by atoms with E-state index < -0.39 is 11.7 Å². The summed E-state index contributed by atoms with van der Waals surface area (Å²) in [4.78, 5) is 2.21. The Bertz CT molecular complexity index is 459. The van der Waals surface area contributed by atoms with Gasteiger partial charge >= 0.3 is 6.18 Å². The molecule has 0 saturated carbocycles. The molecule has 1 aliphatic heterocycles. The van der Waals surface area contributed by atoms with Crippen molar-refractivity contribution >= 4 is 11.4 Å². The van der Waals surface area contributed by atoms with E-state index in [9.17, 15) is 13.2 Å². The third-order valence-electron chi connectivity index (χ3n) is 3.65. The molecule has 1 fully saturated rings. The highest BCUT2D eigenvalue weighted by Crippen LogP contribution is 2.36. The van der Waals surface area contributed by atoms with Gasteiger partial charge in [-0.15, -0.1) is 0 Å². The molecule has 0 radical (unpaired) electrons. The number of nitrogens with zero attached hydrogens (tertiary/aromatic N) is 1. The van der Waals surface area contributed by atoms with Crippen molar-refractivity contribution in [2.75, 3.05) is 37.7 Å². The van der Waals surface area contributed by atoms with Crippen LogP contribution >= 0.6 is 0 Å². The highest BCUT2D eigenvalue weighted by Gasteiger charge is 2.33. The van der Waals surface area contributed by atoms with Gasteiger partial charge in [-0.3, -0.25) is 0 Å². The molecular weight excluding hydrogens is 267 g/mol. The maximum absolute atomic E-state index is 13.0. The van der Waals surface area contributed by atoms with E-state index in [1.165, 1.54) is 12.1 Å². The molecular formula is C14H20F3N3. The largest absolute Gasteiger partial charge is 0.418 e. The van der Waals surface area contributed by atoms with Gasteiger partial charge in [0, 0.05) is 24.5 Å². The number of nitrogen functional groups attached to an aromatic ring is 1. The van der Waals surface area contributed by atoms with E-state index >= 15 is 0 Å². The summed E-state index contributed by atoms with van der Waals surface area (Å²) < 4.78 is 38.9. The van der Waals surface area contributed by atoms with E-state index in [0.717, 1.165) is 32.0 Å². The number of halogens is 3. The van der Waals surface area contributed by atoms with Crippen molar-refractivity contribution in [2.24, 2.45) is 5.92 Å². The lowest BCUT2D eigenvalue weighted by Crippen LogP contribution is -2.35. The summed E-state index contributed by atoms with van der Waals surface area (Å²) in [5.41, 5.74) is 4.99. The Morgan fingerprint density at radius 2 is 2.15 bits per heavy atom. The molecule has 0 aromatic heterocycles. The fourth-order valence-corrected chi connectivity index (χ4v) is 2.64. The van der Waals surface area contributed by atoms with Crippen molar-refractivity contribution < 1.29 is 13.2 Å². The first-order valence-electron chi connectivity index (χ1n) is 6.75. The van der Waals surface area contributed by atoms with Gasteiger partial charge in [-0.2, -0.15) is 13.2 Å². The topological polar surface area (TPSA) is 41.3 Å². The highest BCUT2D eigenvalue weighted by atomic mass is 19.4. The Kier molecular flexibility index (Phi) is 4.42. The van der Waals surface area contributed by atoms with Crippen molar-refractivity contribution in [1.82, 2.24) is 4.90 Å². The first kappa shape index (κ1) is 15.0. The van der Waals surface area contributed by atoms with Gasteiger partial charge < -0.3 is 16.0 Å². The van der Waals surface area contributed by atoms with Crippen molar-refractivity contribution in [3.63, 3.8) is 0 Å². The zero-order valence-electron chi connectivity index (χ0n) is 11.5. The zero-order valence-corrected chi connectivity index (χ0v) is 11.5. The molecule has 1 aromatic carbocycles. The lowest BCUT2D eigenvalue weighted by Gasteiger charge is -2.30. The normalized spacial score (nSPS) is 20.9. The van der Waals surface area contributed by atoms with Gasteiger partial charge in [0.15, 0.2) is 0 Å².